The molecule has 1 aliphatic heterocycles. The van der Waals surface area contributed by atoms with Crippen molar-refractivity contribution in [1.29, 1.82) is 0 Å². The maximum atomic E-state index is 13.1. The average Bonchev–Trinajstić information content (AvgIpc) is 3.10. The second kappa shape index (κ2) is 8.43. The molecule has 0 bridgehead atoms. The number of aromatic nitrogens is 3. The largest absolute Gasteiger partial charge is 0.347 e. The summed E-state index contributed by atoms with van der Waals surface area (Å²) in [6, 6.07) is 13.0. The zero-order valence-electron chi connectivity index (χ0n) is 18.1. The third-order valence-electron chi connectivity index (χ3n) is 6.26. The van der Waals surface area contributed by atoms with E-state index in [-0.39, 0.29) is 11.6 Å². The molecule has 0 spiro atoms. The summed E-state index contributed by atoms with van der Waals surface area (Å²) < 4.78 is 29.3. The van der Waals surface area contributed by atoms with Crippen molar-refractivity contribution in [3.05, 3.63) is 75.5 Å². The molecule has 3 aromatic rings. The summed E-state index contributed by atoms with van der Waals surface area (Å²) in [5.41, 5.74) is 3.63. The van der Waals surface area contributed by atoms with Crippen LogP contribution in [0, 0.1) is 26.7 Å². The Balaban J connectivity index is 1.48. The highest BCUT2D eigenvalue weighted by molar-refractivity contribution is 7.89. The minimum absolute atomic E-state index is 0.251. The van der Waals surface area contributed by atoms with Crippen LogP contribution in [0.1, 0.15) is 35.4 Å². The predicted molar refractivity (Wildman–Crippen MR) is 120 cm³/mol. The number of hydrogen-bond acceptors (Lipinski definition) is 4. The molecule has 0 atom stereocenters. The molecule has 0 saturated carbocycles. The van der Waals surface area contributed by atoms with Gasteiger partial charge in [0.15, 0.2) is 0 Å². The summed E-state index contributed by atoms with van der Waals surface area (Å²) in [7, 11) is -3.49. The Morgan fingerprint density at radius 3 is 2.39 bits per heavy atom. The van der Waals surface area contributed by atoms with E-state index in [0.29, 0.717) is 30.2 Å². The SMILES string of the molecule is Cc1ccc(S(=O)(=O)N2CCC(Cc3n[nH]c(=O)n3-c3ccccc3C)CC2)cc1C. The fraction of sp³-hybridized carbons (Fsp3) is 0.391. The van der Waals surface area contributed by atoms with E-state index in [1.807, 2.05) is 51.1 Å². The number of benzene rings is 2. The molecule has 1 fully saturated rings. The van der Waals surface area contributed by atoms with E-state index in [2.05, 4.69) is 10.2 Å². The number of nitrogens with zero attached hydrogens (tertiary/aromatic N) is 3. The van der Waals surface area contributed by atoms with Gasteiger partial charge in [-0.3, -0.25) is 0 Å². The molecule has 164 valence electrons. The van der Waals surface area contributed by atoms with Crippen molar-refractivity contribution in [3.63, 3.8) is 0 Å². The average molecular weight is 441 g/mol. The minimum atomic E-state index is -3.49. The molecule has 1 aliphatic rings. The van der Waals surface area contributed by atoms with Crippen LogP contribution < -0.4 is 5.69 Å². The molecule has 2 heterocycles. The summed E-state index contributed by atoms with van der Waals surface area (Å²) in [6.45, 7) is 6.81. The highest BCUT2D eigenvalue weighted by Gasteiger charge is 2.30. The molecular formula is C23H28N4O3S. The molecule has 8 heteroatoms. The molecule has 31 heavy (non-hydrogen) atoms. The summed E-state index contributed by atoms with van der Waals surface area (Å²) in [6.07, 6.45) is 2.10. The van der Waals surface area contributed by atoms with Crippen molar-refractivity contribution in [2.45, 2.75) is 44.9 Å². The van der Waals surface area contributed by atoms with Gasteiger partial charge in [0.05, 0.1) is 10.6 Å². The normalized spacial score (nSPS) is 16.0. The summed E-state index contributed by atoms with van der Waals surface area (Å²) >= 11 is 0. The molecule has 0 aliphatic carbocycles. The van der Waals surface area contributed by atoms with E-state index in [4.69, 9.17) is 0 Å². The van der Waals surface area contributed by atoms with Crippen LogP contribution >= 0.6 is 0 Å². The van der Waals surface area contributed by atoms with E-state index in [9.17, 15) is 13.2 Å². The smallest absolute Gasteiger partial charge is 0.247 e. The molecule has 1 saturated heterocycles. The number of aromatic amines is 1. The number of hydrogen-bond donors (Lipinski definition) is 1. The van der Waals surface area contributed by atoms with E-state index in [0.717, 1.165) is 35.2 Å². The first-order valence-corrected chi connectivity index (χ1v) is 12.0. The first kappa shape index (κ1) is 21.5. The molecule has 0 amide bonds. The number of rotatable bonds is 5. The second-order valence-corrected chi connectivity index (χ2v) is 10.3. The maximum Gasteiger partial charge on any atom is 0.347 e. The highest BCUT2D eigenvalue weighted by atomic mass is 32.2. The van der Waals surface area contributed by atoms with E-state index < -0.39 is 10.0 Å². The van der Waals surface area contributed by atoms with Gasteiger partial charge in [-0.25, -0.2) is 22.9 Å². The Labute approximate surface area is 182 Å². The number of aryl methyl sites for hydroxylation is 3. The summed E-state index contributed by atoms with van der Waals surface area (Å²) in [5.74, 6) is 0.957. The molecule has 1 N–H and O–H groups in total. The first-order chi connectivity index (χ1) is 14.8. The number of nitrogens with one attached hydrogen (secondary N) is 1. The number of H-pyrrole nitrogens is 1. The highest BCUT2D eigenvalue weighted by Crippen LogP contribution is 2.27. The second-order valence-electron chi connectivity index (χ2n) is 8.36. The molecule has 1 aromatic heterocycles. The van der Waals surface area contributed by atoms with Gasteiger partial charge in [-0.05, 0) is 74.4 Å². The fourth-order valence-corrected chi connectivity index (χ4v) is 5.72. The van der Waals surface area contributed by atoms with Gasteiger partial charge in [-0.1, -0.05) is 24.3 Å². The van der Waals surface area contributed by atoms with Gasteiger partial charge in [0.2, 0.25) is 10.0 Å². The van der Waals surface area contributed by atoms with Crippen LogP contribution in [-0.2, 0) is 16.4 Å². The minimum Gasteiger partial charge on any atom is -0.247 e. The number of sulfonamides is 1. The van der Waals surface area contributed by atoms with Crippen molar-refractivity contribution in [1.82, 2.24) is 19.1 Å². The van der Waals surface area contributed by atoms with Crippen LogP contribution in [0.3, 0.4) is 0 Å². The van der Waals surface area contributed by atoms with Crippen LogP contribution in [0.15, 0.2) is 52.2 Å². The van der Waals surface area contributed by atoms with Gasteiger partial charge in [0, 0.05) is 19.5 Å². The summed E-state index contributed by atoms with van der Waals surface area (Å²) in [4.78, 5) is 12.7. The zero-order chi connectivity index (χ0) is 22.2. The van der Waals surface area contributed by atoms with Crippen molar-refractivity contribution in [2.75, 3.05) is 13.1 Å². The monoisotopic (exact) mass is 440 g/mol. The van der Waals surface area contributed by atoms with Crippen LogP contribution in [0.2, 0.25) is 0 Å². The Morgan fingerprint density at radius 2 is 1.71 bits per heavy atom. The van der Waals surface area contributed by atoms with Crippen LogP contribution in [0.5, 0.6) is 0 Å². The van der Waals surface area contributed by atoms with E-state index in [1.54, 1.807) is 21.0 Å². The molecule has 0 unspecified atom stereocenters. The summed E-state index contributed by atoms with van der Waals surface area (Å²) in [5, 5.41) is 6.82. The molecular weight excluding hydrogens is 412 g/mol. The Bertz CT molecular complexity index is 1250. The van der Waals surface area contributed by atoms with Crippen molar-refractivity contribution >= 4 is 10.0 Å². The quantitative estimate of drug-likeness (QED) is 0.660. The lowest BCUT2D eigenvalue weighted by Gasteiger charge is -2.31. The van der Waals surface area contributed by atoms with Crippen LogP contribution in [-0.4, -0.2) is 40.6 Å². The third kappa shape index (κ3) is 4.22. The molecule has 4 rings (SSSR count). The molecule has 2 aromatic carbocycles. The van der Waals surface area contributed by atoms with Crippen LogP contribution in [0.4, 0.5) is 0 Å². The Morgan fingerprint density at radius 1 is 1.00 bits per heavy atom. The van der Waals surface area contributed by atoms with Gasteiger partial charge in [0.25, 0.3) is 0 Å². The van der Waals surface area contributed by atoms with Crippen molar-refractivity contribution < 1.29 is 8.42 Å². The Kier molecular flexibility index (Phi) is 5.85. The van der Waals surface area contributed by atoms with Crippen molar-refractivity contribution in [3.8, 4) is 5.69 Å². The standard InChI is InChI=1S/C23H28N4O3S/c1-16-8-9-20(14-18(16)3)31(29,30)26-12-10-19(11-13-26)15-22-24-25-23(28)27(22)21-7-5-4-6-17(21)2/h4-9,14,19H,10-13,15H2,1-3H3,(H,25,28). The van der Waals surface area contributed by atoms with Gasteiger partial charge in [-0.2, -0.15) is 9.40 Å². The topological polar surface area (TPSA) is 88.1 Å². The van der Waals surface area contributed by atoms with Crippen molar-refractivity contribution in [2.24, 2.45) is 5.92 Å². The zero-order valence-corrected chi connectivity index (χ0v) is 18.9. The van der Waals surface area contributed by atoms with Crippen LogP contribution in [0.25, 0.3) is 5.69 Å². The lowest BCUT2D eigenvalue weighted by molar-refractivity contribution is 0.269. The Hall–Kier alpha value is -2.71. The molecule has 7 nitrogen and oxygen atoms in total. The fourth-order valence-electron chi connectivity index (χ4n) is 4.16. The lowest BCUT2D eigenvalue weighted by atomic mass is 9.94. The van der Waals surface area contributed by atoms with E-state index >= 15 is 0 Å². The number of piperidine rings is 1. The van der Waals surface area contributed by atoms with Gasteiger partial charge in [0.1, 0.15) is 5.82 Å². The predicted octanol–water partition coefficient (Wildman–Crippen LogP) is 3.13. The van der Waals surface area contributed by atoms with Gasteiger partial charge >= 0.3 is 5.69 Å². The third-order valence-corrected chi connectivity index (χ3v) is 8.15. The van der Waals surface area contributed by atoms with Gasteiger partial charge < -0.3 is 0 Å². The lowest BCUT2D eigenvalue weighted by Crippen LogP contribution is -2.39. The first-order valence-electron chi connectivity index (χ1n) is 10.6. The van der Waals surface area contributed by atoms with Gasteiger partial charge in [-0.15, -0.1) is 0 Å². The van der Waals surface area contributed by atoms with E-state index in [1.165, 1.54) is 0 Å². The number of para-hydroxylation sites is 1. The molecule has 0 radical (unpaired) electrons. The maximum absolute atomic E-state index is 13.1.